The van der Waals surface area contributed by atoms with Gasteiger partial charge in [0.2, 0.25) is 5.79 Å². The molecule has 230 valence electrons. The van der Waals surface area contributed by atoms with Gasteiger partial charge in [0, 0.05) is 19.6 Å². The highest BCUT2D eigenvalue weighted by Gasteiger charge is 2.54. The van der Waals surface area contributed by atoms with Crippen LogP contribution in [0.2, 0.25) is 0 Å². The largest absolute Gasteiger partial charge is 0.460 e. The minimum Gasteiger partial charge on any atom is -0.460 e. The second-order valence-electron chi connectivity index (χ2n) is 13.1. The van der Waals surface area contributed by atoms with Crippen LogP contribution in [0.4, 0.5) is 0 Å². The number of esters is 1. The van der Waals surface area contributed by atoms with Crippen molar-refractivity contribution in [3.63, 3.8) is 0 Å². The monoisotopic (exact) mass is 567 g/mol. The lowest BCUT2D eigenvalue weighted by atomic mass is 9.78. The second kappa shape index (κ2) is 14.1. The summed E-state index contributed by atoms with van der Waals surface area (Å²) in [4.78, 5) is 41.9. The Hall–Kier alpha value is -1.55. The van der Waals surface area contributed by atoms with Gasteiger partial charge in [-0.25, -0.2) is 4.79 Å². The number of hydrogen-bond acceptors (Lipinski definition) is 8. The van der Waals surface area contributed by atoms with Gasteiger partial charge in [0.05, 0.1) is 18.3 Å². The molecule has 3 fully saturated rings. The average Bonchev–Trinajstić information content (AvgIpc) is 2.93. The van der Waals surface area contributed by atoms with Crippen molar-refractivity contribution < 1.29 is 38.8 Å². The van der Waals surface area contributed by atoms with Crippen molar-refractivity contribution in [3.05, 3.63) is 0 Å². The highest BCUT2D eigenvalue weighted by molar-refractivity contribution is 6.39. The van der Waals surface area contributed by atoms with Crippen molar-refractivity contribution in [1.29, 1.82) is 0 Å². The number of rotatable bonds is 10. The Balaban J connectivity index is 1.70. The van der Waals surface area contributed by atoms with Gasteiger partial charge in [-0.1, -0.05) is 41.5 Å². The number of piperidine rings is 1. The van der Waals surface area contributed by atoms with Gasteiger partial charge < -0.3 is 29.3 Å². The number of ketones is 1. The van der Waals surface area contributed by atoms with Crippen LogP contribution in [0.5, 0.6) is 0 Å². The Labute approximate surface area is 240 Å². The standard InChI is InChI=1S/C31H53NO8/c1-8-25-19(4)15-21(6)31(37,40-25)28(34)29(35)32-14-10-9-11-23(32)30(36)39-27(18(2)3)20(5)16-22-12-13-24(33)26(17-22)38-7/h18-27,33,37H,8-17H2,1-7H3. The lowest BCUT2D eigenvalue weighted by Crippen LogP contribution is -2.61. The van der Waals surface area contributed by atoms with Crippen molar-refractivity contribution in [2.45, 2.75) is 136 Å². The van der Waals surface area contributed by atoms with E-state index in [9.17, 15) is 24.6 Å². The summed E-state index contributed by atoms with van der Waals surface area (Å²) in [5, 5.41) is 21.5. The van der Waals surface area contributed by atoms with Crippen LogP contribution in [0.1, 0.15) is 99.3 Å². The predicted octanol–water partition coefficient (Wildman–Crippen LogP) is 3.87. The van der Waals surface area contributed by atoms with Gasteiger partial charge in [0.25, 0.3) is 11.7 Å². The van der Waals surface area contributed by atoms with Crippen molar-refractivity contribution in [3.8, 4) is 0 Å². The number of nitrogens with zero attached hydrogens (tertiary/aromatic N) is 1. The van der Waals surface area contributed by atoms with Crippen molar-refractivity contribution in [2.24, 2.45) is 29.6 Å². The Kier molecular flexibility index (Phi) is 11.6. The Morgan fingerprint density at radius 3 is 2.40 bits per heavy atom. The van der Waals surface area contributed by atoms with Crippen LogP contribution in [0.15, 0.2) is 0 Å². The fourth-order valence-electron chi connectivity index (χ4n) is 7.24. The van der Waals surface area contributed by atoms with Crippen LogP contribution in [0, 0.1) is 29.6 Å². The molecule has 0 aromatic heterocycles. The third kappa shape index (κ3) is 7.26. The van der Waals surface area contributed by atoms with Crippen LogP contribution in [0.25, 0.3) is 0 Å². The zero-order chi connectivity index (χ0) is 29.8. The summed E-state index contributed by atoms with van der Waals surface area (Å²) in [5.41, 5.74) is 0. The molecule has 0 aromatic rings. The molecule has 2 N–H and O–H groups in total. The maximum absolute atomic E-state index is 13.6. The molecule has 9 heteroatoms. The molecule has 0 aromatic carbocycles. The molecular weight excluding hydrogens is 514 g/mol. The van der Waals surface area contributed by atoms with E-state index in [1.54, 1.807) is 14.0 Å². The molecular formula is C31H53NO8. The first-order valence-electron chi connectivity index (χ1n) is 15.5. The SMILES string of the molecule is CCC1OC(O)(C(=O)C(=O)N2CCCCC2C(=O)OC(C(C)C)C(C)CC2CCC(O)C(OC)C2)C(C)CC1C. The number of likely N-dealkylation sites (tertiary alicyclic amines) is 1. The van der Waals surface area contributed by atoms with E-state index in [1.807, 2.05) is 27.7 Å². The number of carbonyl (C=O) groups is 3. The number of Topliss-reactive ketones (excluding diaryl/α,β-unsaturated/α-hetero) is 1. The van der Waals surface area contributed by atoms with E-state index in [0.29, 0.717) is 38.0 Å². The number of ether oxygens (including phenoxy) is 3. The molecule has 0 spiro atoms. The molecule has 1 aliphatic carbocycles. The highest BCUT2D eigenvalue weighted by Crippen LogP contribution is 2.38. The predicted molar refractivity (Wildman–Crippen MR) is 150 cm³/mol. The maximum atomic E-state index is 13.6. The topological polar surface area (TPSA) is 123 Å². The number of amides is 1. The van der Waals surface area contributed by atoms with Gasteiger partial charge in [0.15, 0.2) is 0 Å². The van der Waals surface area contributed by atoms with E-state index in [4.69, 9.17) is 14.2 Å². The molecule has 2 saturated heterocycles. The van der Waals surface area contributed by atoms with Gasteiger partial charge in [-0.15, -0.1) is 0 Å². The van der Waals surface area contributed by atoms with Gasteiger partial charge >= 0.3 is 5.97 Å². The van der Waals surface area contributed by atoms with Crippen LogP contribution in [-0.2, 0) is 28.6 Å². The fraction of sp³-hybridized carbons (Fsp3) is 0.903. The number of hydrogen-bond donors (Lipinski definition) is 2. The van der Waals surface area contributed by atoms with Crippen molar-refractivity contribution in [1.82, 2.24) is 4.90 Å². The van der Waals surface area contributed by atoms with E-state index in [1.165, 1.54) is 4.90 Å². The zero-order valence-electron chi connectivity index (χ0n) is 25.6. The van der Waals surface area contributed by atoms with Gasteiger partial charge in [-0.05, 0) is 81.5 Å². The zero-order valence-corrected chi connectivity index (χ0v) is 25.6. The van der Waals surface area contributed by atoms with Gasteiger partial charge in [0.1, 0.15) is 12.1 Å². The Bertz CT molecular complexity index is 879. The first-order chi connectivity index (χ1) is 18.8. The second-order valence-corrected chi connectivity index (χ2v) is 13.1. The number of aliphatic hydroxyl groups excluding tert-OH is 1. The van der Waals surface area contributed by atoms with Crippen LogP contribution in [0.3, 0.4) is 0 Å². The van der Waals surface area contributed by atoms with E-state index < -0.39 is 41.5 Å². The third-order valence-corrected chi connectivity index (χ3v) is 9.66. The van der Waals surface area contributed by atoms with E-state index >= 15 is 0 Å². The van der Waals surface area contributed by atoms with Crippen LogP contribution in [-0.4, -0.2) is 82.7 Å². The molecule has 10 unspecified atom stereocenters. The summed E-state index contributed by atoms with van der Waals surface area (Å²) in [6, 6.07) is -0.871. The Morgan fingerprint density at radius 2 is 1.77 bits per heavy atom. The molecule has 2 aliphatic heterocycles. The molecule has 10 atom stereocenters. The van der Waals surface area contributed by atoms with E-state index in [-0.39, 0.29) is 42.6 Å². The minimum absolute atomic E-state index is 0.0610. The lowest BCUT2D eigenvalue weighted by molar-refractivity contribution is -0.274. The normalized spacial score (nSPS) is 36.6. The van der Waals surface area contributed by atoms with Crippen molar-refractivity contribution in [2.75, 3.05) is 13.7 Å². The summed E-state index contributed by atoms with van der Waals surface area (Å²) in [5.74, 6) is -4.44. The maximum Gasteiger partial charge on any atom is 0.329 e. The average molecular weight is 568 g/mol. The summed E-state index contributed by atoms with van der Waals surface area (Å²) >= 11 is 0. The smallest absolute Gasteiger partial charge is 0.329 e. The number of aliphatic hydroxyl groups is 2. The number of carbonyl (C=O) groups excluding carboxylic acids is 3. The summed E-state index contributed by atoms with van der Waals surface area (Å²) in [6.07, 6.45) is 4.94. The van der Waals surface area contributed by atoms with Crippen LogP contribution < -0.4 is 0 Å². The van der Waals surface area contributed by atoms with E-state index in [0.717, 1.165) is 25.7 Å². The van der Waals surface area contributed by atoms with Crippen LogP contribution >= 0.6 is 0 Å². The van der Waals surface area contributed by atoms with Gasteiger partial charge in [-0.3, -0.25) is 9.59 Å². The van der Waals surface area contributed by atoms with E-state index in [2.05, 4.69) is 6.92 Å². The van der Waals surface area contributed by atoms with Gasteiger partial charge in [-0.2, -0.15) is 0 Å². The summed E-state index contributed by atoms with van der Waals surface area (Å²) in [6.45, 7) is 12.1. The molecule has 40 heavy (non-hydrogen) atoms. The highest BCUT2D eigenvalue weighted by atomic mass is 16.6. The first-order valence-corrected chi connectivity index (χ1v) is 15.5. The van der Waals surface area contributed by atoms with Crippen molar-refractivity contribution >= 4 is 17.7 Å². The number of methoxy groups -OCH3 is 1. The lowest BCUT2D eigenvalue weighted by Gasteiger charge is -2.44. The fourth-order valence-corrected chi connectivity index (χ4v) is 7.24. The molecule has 3 rings (SSSR count). The molecule has 3 aliphatic rings. The summed E-state index contributed by atoms with van der Waals surface area (Å²) in [7, 11) is 1.63. The molecule has 2 heterocycles. The summed E-state index contributed by atoms with van der Waals surface area (Å²) < 4.78 is 17.4. The molecule has 1 saturated carbocycles. The molecule has 9 nitrogen and oxygen atoms in total. The molecule has 1 amide bonds. The third-order valence-electron chi connectivity index (χ3n) is 9.66. The first kappa shape index (κ1) is 33.0. The minimum atomic E-state index is -2.20. The Morgan fingerprint density at radius 1 is 1.07 bits per heavy atom. The quantitative estimate of drug-likeness (QED) is 0.301. The molecule has 0 bridgehead atoms. The molecule has 0 radical (unpaired) electrons.